The van der Waals surface area contributed by atoms with Gasteiger partial charge in [0.05, 0.1) is 14.2 Å². The highest BCUT2D eigenvalue weighted by Crippen LogP contribution is 2.30. The molecule has 1 aromatic carbocycles. The van der Waals surface area contributed by atoms with Crippen molar-refractivity contribution in [3.05, 3.63) is 23.3 Å². The summed E-state index contributed by atoms with van der Waals surface area (Å²) in [5.74, 6) is 1.17. The monoisotopic (exact) mass is 336 g/mol. The first-order valence-electron chi connectivity index (χ1n) is 8.19. The van der Waals surface area contributed by atoms with Crippen molar-refractivity contribution in [1.82, 2.24) is 10.2 Å². The van der Waals surface area contributed by atoms with E-state index in [0.717, 1.165) is 31.6 Å². The van der Waals surface area contributed by atoms with Gasteiger partial charge in [0.25, 0.3) is 5.91 Å². The molecule has 0 aromatic heterocycles. The molecule has 0 aliphatic carbocycles. The van der Waals surface area contributed by atoms with Crippen molar-refractivity contribution in [1.29, 1.82) is 0 Å². The number of likely N-dealkylation sites (N-methyl/N-ethyl adjacent to an activating group) is 1. The minimum absolute atomic E-state index is 0.0627. The van der Waals surface area contributed by atoms with Crippen LogP contribution in [0.4, 0.5) is 0 Å². The average Bonchev–Trinajstić information content (AvgIpc) is 2.60. The number of nitrogens with zero attached hydrogens (tertiary/aromatic N) is 1. The Morgan fingerprint density at radius 1 is 1.21 bits per heavy atom. The maximum Gasteiger partial charge on any atom is 0.251 e. The van der Waals surface area contributed by atoms with Crippen LogP contribution in [0.3, 0.4) is 0 Å². The van der Waals surface area contributed by atoms with Gasteiger partial charge in [0, 0.05) is 36.4 Å². The maximum atomic E-state index is 12.6. The molecule has 0 bridgehead atoms. The van der Waals surface area contributed by atoms with Crippen molar-refractivity contribution in [2.24, 2.45) is 0 Å². The van der Waals surface area contributed by atoms with Crippen molar-refractivity contribution >= 4 is 5.91 Å². The summed E-state index contributed by atoms with van der Waals surface area (Å²) < 4.78 is 16.2. The summed E-state index contributed by atoms with van der Waals surface area (Å²) in [6.07, 6.45) is 1.81. The fraction of sp³-hybridized carbons (Fsp3) is 0.611. The van der Waals surface area contributed by atoms with Crippen molar-refractivity contribution in [2.75, 3.05) is 48.1 Å². The lowest BCUT2D eigenvalue weighted by atomic mass is 9.88. The second kappa shape index (κ2) is 7.85. The number of amides is 1. The van der Waals surface area contributed by atoms with Crippen LogP contribution in [0.2, 0.25) is 0 Å². The second-order valence-electron chi connectivity index (χ2n) is 6.42. The number of carbonyl (C=O) groups excluding carboxylic acids is 1. The van der Waals surface area contributed by atoms with Crippen LogP contribution in [0.5, 0.6) is 11.5 Å². The third-order valence-electron chi connectivity index (χ3n) is 4.96. The number of ether oxygens (including phenoxy) is 3. The summed E-state index contributed by atoms with van der Waals surface area (Å²) in [5.41, 5.74) is 1.35. The van der Waals surface area contributed by atoms with Crippen LogP contribution in [-0.2, 0) is 4.74 Å². The Morgan fingerprint density at radius 2 is 1.75 bits per heavy atom. The predicted octanol–water partition coefficient (Wildman–Crippen LogP) is 1.85. The van der Waals surface area contributed by atoms with Gasteiger partial charge < -0.3 is 24.4 Å². The van der Waals surface area contributed by atoms with Crippen LogP contribution >= 0.6 is 0 Å². The molecular formula is C18H28N2O4. The van der Waals surface area contributed by atoms with Crippen molar-refractivity contribution in [3.63, 3.8) is 0 Å². The smallest absolute Gasteiger partial charge is 0.251 e. The number of hydrogen-bond acceptors (Lipinski definition) is 5. The number of carbonyl (C=O) groups is 1. The number of methoxy groups -OCH3 is 2. The normalized spacial score (nSPS) is 16.8. The topological polar surface area (TPSA) is 60.0 Å². The van der Waals surface area contributed by atoms with E-state index in [1.165, 1.54) is 0 Å². The molecule has 0 radical (unpaired) electrons. The van der Waals surface area contributed by atoms with E-state index in [1.54, 1.807) is 26.4 Å². The number of benzene rings is 1. The molecule has 1 amide bonds. The molecule has 1 aliphatic rings. The van der Waals surface area contributed by atoms with E-state index in [1.807, 2.05) is 6.92 Å². The van der Waals surface area contributed by atoms with Crippen molar-refractivity contribution in [2.45, 2.75) is 25.3 Å². The lowest BCUT2D eigenvalue weighted by Gasteiger charge is -2.42. The molecule has 1 N–H and O–H groups in total. The highest BCUT2D eigenvalue weighted by atomic mass is 16.5. The van der Waals surface area contributed by atoms with E-state index in [0.29, 0.717) is 23.6 Å². The first kappa shape index (κ1) is 18.5. The van der Waals surface area contributed by atoms with Gasteiger partial charge in [-0.05, 0) is 46.0 Å². The molecule has 0 unspecified atom stereocenters. The van der Waals surface area contributed by atoms with Crippen molar-refractivity contribution < 1.29 is 19.0 Å². The van der Waals surface area contributed by atoms with Gasteiger partial charge in [-0.1, -0.05) is 0 Å². The van der Waals surface area contributed by atoms with E-state index < -0.39 is 0 Å². The SMILES string of the molecule is COc1cc(C(=O)NCC2(N(C)C)CCOCC2)cc(OC)c1C. The van der Waals surface area contributed by atoms with Gasteiger partial charge in [-0.3, -0.25) is 4.79 Å². The second-order valence-corrected chi connectivity index (χ2v) is 6.42. The van der Waals surface area contributed by atoms with Gasteiger partial charge >= 0.3 is 0 Å². The highest BCUT2D eigenvalue weighted by Gasteiger charge is 2.35. The largest absolute Gasteiger partial charge is 0.496 e. The Balaban J connectivity index is 2.14. The van der Waals surface area contributed by atoms with Crippen LogP contribution < -0.4 is 14.8 Å². The number of rotatable bonds is 6. The van der Waals surface area contributed by atoms with Crippen molar-refractivity contribution in [3.8, 4) is 11.5 Å². The zero-order valence-corrected chi connectivity index (χ0v) is 15.3. The zero-order valence-electron chi connectivity index (χ0n) is 15.3. The van der Waals surface area contributed by atoms with E-state index in [4.69, 9.17) is 14.2 Å². The molecule has 1 saturated heterocycles. The third-order valence-corrected chi connectivity index (χ3v) is 4.96. The molecule has 24 heavy (non-hydrogen) atoms. The van der Waals surface area contributed by atoms with Crippen LogP contribution in [0.25, 0.3) is 0 Å². The maximum absolute atomic E-state index is 12.6. The lowest BCUT2D eigenvalue weighted by Crippen LogP contribution is -2.55. The summed E-state index contributed by atoms with van der Waals surface area (Å²) in [6.45, 7) is 3.93. The van der Waals surface area contributed by atoms with E-state index in [-0.39, 0.29) is 11.4 Å². The third kappa shape index (κ3) is 3.82. The van der Waals surface area contributed by atoms with Crippen LogP contribution in [-0.4, -0.2) is 64.4 Å². The van der Waals surface area contributed by atoms with Gasteiger partial charge in [-0.25, -0.2) is 0 Å². The van der Waals surface area contributed by atoms with Gasteiger partial charge in [0.15, 0.2) is 0 Å². The van der Waals surface area contributed by atoms with Crippen LogP contribution in [0, 0.1) is 6.92 Å². The number of hydrogen-bond donors (Lipinski definition) is 1. The molecule has 6 heteroatoms. The predicted molar refractivity (Wildman–Crippen MR) is 93.1 cm³/mol. The quantitative estimate of drug-likeness (QED) is 0.859. The van der Waals surface area contributed by atoms with Gasteiger partial charge in [0.1, 0.15) is 11.5 Å². The van der Waals surface area contributed by atoms with Crippen LogP contribution in [0.1, 0.15) is 28.8 Å². The Kier molecular flexibility index (Phi) is 6.07. The molecule has 134 valence electrons. The Hall–Kier alpha value is -1.79. The minimum Gasteiger partial charge on any atom is -0.496 e. The first-order valence-corrected chi connectivity index (χ1v) is 8.19. The first-order chi connectivity index (χ1) is 11.4. The Morgan fingerprint density at radius 3 is 2.21 bits per heavy atom. The summed E-state index contributed by atoms with van der Waals surface area (Å²) in [6, 6.07) is 3.50. The van der Waals surface area contributed by atoms with E-state index in [2.05, 4.69) is 24.3 Å². The highest BCUT2D eigenvalue weighted by molar-refractivity contribution is 5.95. The van der Waals surface area contributed by atoms with Gasteiger partial charge in [-0.15, -0.1) is 0 Å². The fourth-order valence-corrected chi connectivity index (χ4v) is 3.10. The Bertz CT molecular complexity index is 555. The van der Waals surface area contributed by atoms with E-state index >= 15 is 0 Å². The zero-order chi connectivity index (χ0) is 17.7. The summed E-state index contributed by atoms with van der Waals surface area (Å²) in [4.78, 5) is 14.8. The standard InChI is InChI=1S/C18H28N2O4/c1-13-15(22-4)10-14(11-16(13)23-5)17(21)19-12-18(20(2)3)6-8-24-9-7-18/h10-11H,6-9,12H2,1-5H3,(H,19,21). The molecule has 0 spiro atoms. The molecule has 2 rings (SSSR count). The van der Waals surface area contributed by atoms with Crippen LogP contribution in [0.15, 0.2) is 12.1 Å². The van der Waals surface area contributed by atoms with E-state index in [9.17, 15) is 4.79 Å². The Labute approximate surface area is 144 Å². The molecule has 0 atom stereocenters. The molecule has 1 aliphatic heterocycles. The lowest BCUT2D eigenvalue weighted by molar-refractivity contribution is -0.00658. The molecule has 1 heterocycles. The molecule has 6 nitrogen and oxygen atoms in total. The van der Waals surface area contributed by atoms with Gasteiger partial charge in [-0.2, -0.15) is 0 Å². The van der Waals surface area contributed by atoms with Gasteiger partial charge in [0.2, 0.25) is 0 Å². The minimum atomic E-state index is -0.126. The molecule has 0 saturated carbocycles. The number of nitrogens with one attached hydrogen (secondary N) is 1. The average molecular weight is 336 g/mol. The molecule has 1 aromatic rings. The molecular weight excluding hydrogens is 308 g/mol. The summed E-state index contributed by atoms with van der Waals surface area (Å²) >= 11 is 0. The summed E-state index contributed by atoms with van der Waals surface area (Å²) in [5, 5.41) is 3.07. The summed E-state index contributed by atoms with van der Waals surface area (Å²) in [7, 11) is 7.28. The molecule has 1 fully saturated rings. The fourth-order valence-electron chi connectivity index (χ4n) is 3.10.